The van der Waals surface area contributed by atoms with Crippen LogP contribution >= 0.6 is 0 Å². The van der Waals surface area contributed by atoms with Gasteiger partial charge in [0.25, 0.3) is 5.91 Å². The summed E-state index contributed by atoms with van der Waals surface area (Å²) in [4.78, 5) is 12.8. The quantitative estimate of drug-likeness (QED) is 0.757. The van der Waals surface area contributed by atoms with Crippen LogP contribution in [0.5, 0.6) is 5.75 Å². The van der Waals surface area contributed by atoms with Gasteiger partial charge in [0.2, 0.25) is 0 Å². The zero-order valence-corrected chi connectivity index (χ0v) is 15.5. The van der Waals surface area contributed by atoms with Gasteiger partial charge in [0.1, 0.15) is 11.4 Å². The van der Waals surface area contributed by atoms with Crippen LogP contribution in [-0.2, 0) is 9.53 Å². The Bertz CT molecular complexity index is 548. The fraction of sp³-hybridized carbons (Fsp3) is 0.650. The molecule has 24 heavy (non-hydrogen) atoms. The number of hydrogen-bond acceptors (Lipinski definition) is 3. The average molecular weight is 333 g/mol. The second kappa shape index (κ2) is 8.52. The Labute approximate surface area is 145 Å². The standard InChI is InChI=1S/C20H31NO3/c1-5-16(3)24-18-11-10-17(14-15(18)2)21-19(22)20(23-4)12-8-6-7-9-13-20/h10-11,14,16H,5-9,12-13H2,1-4H3,(H,21,22)/t16-/m0/s1. The van der Waals surface area contributed by atoms with E-state index in [1.807, 2.05) is 25.1 Å². The molecule has 1 atom stereocenters. The monoisotopic (exact) mass is 333 g/mol. The first-order chi connectivity index (χ1) is 11.5. The molecule has 1 aliphatic rings. The van der Waals surface area contributed by atoms with Crippen LogP contribution in [0, 0.1) is 6.92 Å². The lowest BCUT2D eigenvalue weighted by molar-refractivity contribution is -0.139. The van der Waals surface area contributed by atoms with E-state index in [-0.39, 0.29) is 12.0 Å². The fourth-order valence-corrected chi connectivity index (χ4v) is 3.23. The molecule has 1 aliphatic carbocycles. The minimum absolute atomic E-state index is 0.0260. The summed E-state index contributed by atoms with van der Waals surface area (Å²) in [6.07, 6.45) is 7.19. The van der Waals surface area contributed by atoms with Crippen molar-refractivity contribution in [3.8, 4) is 5.75 Å². The molecule has 0 saturated heterocycles. The molecule has 0 aliphatic heterocycles. The largest absolute Gasteiger partial charge is 0.490 e. The number of amides is 1. The van der Waals surface area contributed by atoms with Gasteiger partial charge in [0, 0.05) is 12.8 Å². The van der Waals surface area contributed by atoms with E-state index in [4.69, 9.17) is 9.47 Å². The van der Waals surface area contributed by atoms with Crippen LogP contribution in [0.3, 0.4) is 0 Å². The van der Waals surface area contributed by atoms with Crippen molar-refractivity contribution >= 4 is 11.6 Å². The molecular weight excluding hydrogens is 302 g/mol. The molecule has 1 N–H and O–H groups in total. The first kappa shape index (κ1) is 18.8. The second-order valence-corrected chi connectivity index (χ2v) is 6.88. The first-order valence-electron chi connectivity index (χ1n) is 9.14. The summed E-state index contributed by atoms with van der Waals surface area (Å²) >= 11 is 0. The van der Waals surface area contributed by atoms with Crippen molar-refractivity contribution in [2.75, 3.05) is 12.4 Å². The van der Waals surface area contributed by atoms with Crippen LogP contribution in [0.2, 0.25) is 0 Å². The Morgan fingerprint density at radius 3 is 2.46 bits per heavy atom. The Kier molecular flexibility index (Phi) is 6.67. The molecule has 1 amide bonds. The highest BCUT2D eigenvalue weighted by Crippen LogP contribution is 2.32. The van der Waals surface area contributed by atoms with Gasteiger partial charge in [-0.15, -0.1) is 0 Å². The van der Waals surface area contributed by atoms with Crippen LogP contribution in [0.1, 0.15) is 64.4 Å². The van der Waals surface area contributed by atoms with Gasteiger partial charge >= 0.3 is 0 Å². The van der Waals surface area contributed by atoms with Crippen molar-refractivity contribution in [1.29, 1.82) is 0 Å². The third-order valence-electron chi connectivity index (χ3n) is 5.05. The highest BCUT2D eigenvalue weighted by atomic mass is 16.5. The van der Waals surface area contributed by atoms with Crippen LogP contribution in [0.15, 0.2) is 18.2 Å². The lowest BCUT2D eigenvalue weighted by atomic mass is 9.93. The molecular formula is C20H31NO3. The van der Waals surface area contributed by atoms with E-state index in [0.717, 1.165) is 49.1 Å². The number of nitrogens with one attached hydrogen (secondary N) is 1. The van der Waals surface area contributed by atoms with Crippen LogP contribution in [-0.4, -0.2) is 24.7 Å². The molecule has 0 unspecified atom stereocenters. The Hall–Kier alpha value is -1.55. The third-order valence-corrected chi connectivity index (χ3v) is 5.05. The highest BCUT2D eigenvalue weighted by molar-refractivity contribution is 5.97. The summed E-state index contributed by atoms with van der Waals surface area (Å²) < 4.78 is 11.6. The van der Waals surface area contributed by atoms with Gasteiger partial charge in [0.05, 0.1) is 6.10 Å². The van der Waals surface area contributed by atoms with E-state index in [9.17, 15) is 4.79 Å². The predicted molar refractivity (Wildman–Crippen MR) is 97.6 cm³/mol. The predicted octanol–water partition coefficient (Wildman–Crippen LogP) is 4.85. The van der Waals surface area contributed by atoms with Gasteiger partial charge in [0.15, 0.2) is 0 Å². The molecule has 4 heteroatoms. The summed E-state index contributed by atoms with van der Waals surface area (Å²) in [5.41, 5.74) is 1.14. The van der Waals surface area contributed by atoms with Crippen molar-refractivity contribution in [3.05, 3.63) is 23.8 Å². The van der Waals surface area contributed by atoms with E-state index in [2.05, 4.69) is 19.2 Å². The van der Waals surface area contributed by atoms with Crippen molar-refractivity contribution in [2.24, 2.45) is 0 Å². The van der Waals surface area contributed by atoms with Gasteiger partial charge in [-0.3, -0.25) is 4.79 Å². The topological polar surface area (TPSA) is 47.6 Å². The maximum atomic E-state index is 12.8. The van der Waals surface area contributed by atoms with Crippen molar-refractivity contribution in [3.63, 3.8) is 0 Å². The third kappa shape index (κ3) is 4.50. The normalized spacial score (nSPS) is 18.5. The van der Waals surface area contributed by atoms with Crippen LogP contribution in [0.4, 0.5) is 5.69 Å². The number of rotatable bonds is 6. The number of ether oxygens (including phenoxy) is 2. The van der Waals surface area contributed by atoms with E-state index < -0.39 is 5.60 Å². The molecule has 0 radical (unpaired) electrons. The van der Waals surface area contributed by atoms with Crippen LogP contribution < -0.4 is 10.1 Å². The molecule has 0 bridgehead atoms. The van der Waals surface area contributed by atoms with E-state index in [0.29, 0.717) is 0 Å². The van der Waals surface area contributed by atoms with Gasteiger partial charge in [-0.2, -0.15) is 0 Å². The first-order valence-corrected chi connectivity index (χ1v) is 9.14. The lowest BCUT2D eigenvalue weighted by Gasteiger charge is -2.30. The average Bonchev–Trinajstić information content (AvgIpc) is 2.83. The number of anilines is 1. The van der Waals surface area contributed by atoms with Gasteiger partial charge in [-0.1, -0.05) is 32.6 Å². The minimum atomic E-state index is -0.684. The van der Waals surface area contributed by atoms with Crippen LogP contribution in [0.25, 0.3) is 0 Å². The van der Waals surface area contributed by atoms with Crippen molar-refractivity contribution in [1.82, 2.24) is 0 Å². The van der Waals surface area contributed by atoms with Gasteiger partial charge in [-0.05, 0) is 56.9 Å². The zero-order valence-electron chi connectivity index (χ0n) is 15.5. The summed E-state index contributed by atoms with van der Waals surface area (Å²) in [5.74, 6) is 0.847. The van der Waals surface area contributed by atoms with Crippen molar-refractivity contribution < 1.29 is 14.3 Å². The SMILES string of the molecule is CC[C@H](C)Oc1ccc(NC(=O)C2(OC)CCCCCC2)cc1C. The number of hydrogen-bond donors (Lipinski definition) is 1. The van der Waals surface area contributed by atoms with E-state index in [1.54, 1.807) is 7.11 Å². The molecule has 1 aromatic carbocycles. The second-order valence-electron chi connectivity index (χ2n) is 6.88. The number of aryl methyl sites for hydroxylation is 1. The Morgan fingerprint density at radius 1 is 1.25 bits per heavy atom. The molecule has 134 valence electrons. The van der Waals surface area contributed by atoms with Gasteiger partial charge < -0.3 is 14.8 Å². The number of methoxy groups -OCH3 is 1. The summed E-state index contributed by atoms with van der Waals surface area (Å²) in [6.45, 7) is 6.17. The molecule has 0 aromatic heterocycles. The summed E-state index contributed by atoms with van der Waals surface area (Å²) in [6, 6.07) is 5.81. The minimum Gasteiger partial charge on any atom is -0.490 e. The molecule has 4 nitrogen and oxygen atoms in total. The lowest BCUT2D eigenvalue weighted by Crippen LogP contribution is -2.44. The Balaban J connectivity index is 2.09. The Morgan fingerprint density at radius 2 is 1.92 bits per heavy atom. The molecule has 2 rings (SSSR count). The molecule has 1 fully saturated rings. The van der Waals surface area contributed by atoms with Gasteiger partial charge in [-0.25, -0.2) is 0 Å². The summed E-state index contributed by atoms with van der Waals surface area (Å²) in [7, 11) is 1.65. The molecule has 1 aromatic rings. The maximum Gasteiger partial charge on any atom is 0.256 e. The maximum absolute atomic E-state index is 12.8. The summed E-state index contributed by atoms with van der Waals surface area (Å²) in [5, 5.41) is 3.05. The smallest absolute Gasteiger partial charge is 0.256 e. The highest BCUT2D eigenvalue weighted by Gasteiger charge is 2.38. The van der Waals surface area contributed by atoms with Crippen molar-refractivity contribution in [2.45, 2.75) is 77.4 Å². The zero-order chi connectivity index (χ0) is 17.6. The fourth-order valence-electron chi connectivity index (χ4n) is 3.23. The number of carbonyl (C=O) groups excluding carboxylic acids is 1. The molecule has 1 saturated carbocycles. The van der Waals surface area contributed by atoms with E-state index >= 15 is 0 Å². The number of carbonyl (C=O) groups is 1. The molecule has 0 heterocycles. The number of benzene rings is 1. The van der Waals surface area contributed by atoms with E-state index in [1.165, 1.54) is 12.8 Å². The molecule has 0 spiro atoms.